The first kappa shape index (κ1) is 14.1. The number of rotatable bonds is 4. The van der Waals surface area contributed by atoms with Crippen molar-refractivity contribution < 1.29 is 9.53 Å². The number of carbonyl (C=O) groups excluding carboxylic acids is 1. The van der Waals surface area contributed by atoms with E-state index in [9.17, 15) is 4.79 Å². The van der Waals surface area contributed by atoms with E-state index in [0.717, 1.165) is 37.3 Å². The normalized spacial score (nSPS) is 18.4. The van der Waals surface area contributed by atoms with E-state index in [1.165, 1.54) is 11.3 Å². The van der Waals surface area contributed by atoms with Gasteiger partial charge in [-0.05, 0) is 19.3 Å². The van der Waals surface area contributed by atoms with E-state index in [1.807, 2.05) is 0 Å². The molecule has 0 bridgehead atoms. The molecule has 0 radical (unpaired) electrons. The summed E-state index contributed by atoms with van der Waals surface area (Å²) in [4.78, 5) is 25.0. The van der Waals surface area contributed by atoms with Crippen LogP contribution in [0.4, 0.5) is 0 Å². The van der Waals surface area contributed by atoms with Crippen molar-refractivity contribution in [3.63, 3.8) is 0 Å². The molecule has 6 nitrogen and oxygen atoms in total. The van der Waals surface area contributed by atoms with Crippen molar-refractivity contribution in [2.45, 2.75) is 31.9 Å². The number of amides is 1. The number of aromatic nitrogens is 3. The van der Waals surface area contributed by atoms with Gasteiger partial charge in [-0.2, -0.15) is 0 Å². The van der Waals surface area contributed by atoms with Crippen LogP contribution in [0.15, 0.2) is 24.1 Å². The van der Waals surface area contributed by atoms with Crippen LogP contribution >= 0.6 is 11.3 Å². The minimum absolute atomic E-state index is 0.0135. The highest BCUT2D eigenvalue weighted by molar-refractivity contribution is 7.11. The molecule has 1 N–H and O–H groups in total. The zero-order chi connectivity index (χ0) is 14.5. The Morgan fingerprint density at radius 1 is 1.33 bits per heavy atom. The number of carbonyl (C=O) groups is 1. The fourth-order valence-electron chi connectivity index (χ4n) is 2.16. The van der Waals surface area contributed by atoms with Crippen LogP contribution in [0.1, 0.15) is 46.4 Å². The zero-order valence-electron chi connectivity index (χ0n) is 11.5. The van der Waals surface area contributed by atoms with Crippen molar-refractivity contribution >= 4 is 17.2 Å². The van der Waals surface area contributed by atoms with Gasteiger partial charge in [-0.1, -0.05) is 0 Å². The van der Waals surface area contributed by atoms with Crippen LogP contribution in [0, 0.1) is 0 Å². The maximum Gasteiger partial charge on any atom is 0.263 e. The number of nitrogens with one attached hydrogen (secondary N) is 1. The SMILES string of the molecule is O=C(NCc1cnc([C@@H]2CCCCO2)nc1)c1cncs1. The van der Waals surface area contributed by atoms with E-state index in [2.05, 4.69) is 20.3 Å². The second-order valence-electron chi connectivity index (χ2n) is 4.85. The quantitative estimate of drug-likeness (QED) is 0.936. The molecule has 1 aliphatic heterocycles. The Morgan fingerprint density at radius 3 is 2.86 bits per heavy atom. The molecule has 3 rings (SSSR count). The number of hydrogen-bond acceptors (Lipinski definition) is 6. The summed E-state index contributed by atoms with van der Waals surface area (Å²) in [5, 5.41) is 2.82. The van der Waals surface area contributed by atoms with Crippen LogP contribution in [-0.2, 0) is 11.3 Å². The summed E-state index contributed by atoms with van der Waals surface area (Å²) >= 11 is 1.32. The van der Waals surface area contributed by atoms with Crippen molar-refractivity contribution in [2.24, 2.45) is 0 Å². The lowest BCUT2D eigenvalue weighted by Gasteiger charge is -2.21. The molecule has 21 heavy (non-hydrogen) atoms. The smallest absolute Gasteiger partial charge is 0.263 e. The molecule has 1 fully saturated rings. The van der Waals surface area contributed by atoms with Crippen molar-refractivity contribution in [3.05, 3.63) is 40.4 Å². The maximum atomic E-state index is 11.8. The predicted octanol–water partition coefficient (Wildman–Crippen LogP) is 2.10. The van der Waals surface area contributed by atoms with Gasteiger partial charge in [0.25, 0.3) is 5.91 Å². The number of nitrogens with zero attached hydrogens (tertiary/aromatic N) is 3. The Bertz CT molecular complexity index is 580. The molecule has 1 saturated heterocycles. The summed E-state index contributed by atoms with van der Waals surface area (Å²) in [5.74, 6) is 0.601. The first-order valence-corrected chi connectivity index (χ1v) is 7.80. The monoisotopic (exact) mass is 304 g/mol. The zero-order valence-corrected chi connectivity index (χ0v) is 12.3. The molecular weight excluding hydrogens is 288 g/mol. The lowest BCUT2D eigenvalue weighted by atomic mass is 10.1. The van der Waals surface area contributed by atoms with Gasteiger partial charge in [-0.3, -0.25) is 9.78 Å². The largest absolute Gasteiger partial charge is 0.370 e. The molecule has 7 heteroatoms. The Kier molecular flexibility index (Phi) is 4.52. The molecule has 2 aromatic rings. The highest BCUT2D eigenvalue weighted by Gasteiger charge is 2.18. The third-order valence-electron chi connectivity index (χ3n) is 3.30. The Labute approximate surface area is 126 Å². The van der Waals surface area contributed by atoms with Crippen molar-refractivity contribution in [1.82, 2.24) is 20.3 Å². The highest BCUT2D eigenvalue weighted by Crippen LogP contribution is 2.24. The van der Waals surface area contributed by atoms with Gasteiger partial charge in [-0.25, -0.2) is 9.97 Å². The second kappa shape index (κ2) is 6.73. The van der Waals surface area contributed by atoms with Gasteiger partial charge in [-0.15, -0.1) is 11.3 Å². The average molecular weight is 304 g/mol. The highest BCUT2D eigenvalue weighted by atomic mass is 32.1. The molecule has 0 aliphatic carbocycles. The molecule has 1 amide bonds. The summed E-state index contributed by atoms with van der Waals surface area (Å²) < 4.78 is 5.65. The standard InChI is InChI=1S/C14H16N4O2S/c19-14(12-8-15-9-21-12)18-7-10-5-16-13(17-6-10)11-3-1-2-4-20-11/h5-6,8-9,11H,1-4,7H2,(H,18,19)/t11-/m0/s1. The molecule has 1 aliphatic rings. The van der Waals surface area contributed by atoms with Crippen LogP contribution in [0.5, 0.6) is 0 Å². The predicted molar refractivity (Wildman–Crippen MR) is 77.9 cm³/mol. The van der Waals surface area contributed by atoms with Gasteiger partial charge in [0, 0.05) is 31.1 Å². The second-order valence-corrected chi connectivity index (χ2v) is 5.74. The van der Waals surface area contributed by atoms with Crippen LogP contribution in [-0.4, -0.2) is 27.5 Å². The average Bonchev–Trinajstić information content (AvgIpc) is 3.08. The Balaban J connectivity index is 1.55. The van der Waals surface area contributed by atoms with Gasteiger partial charge in [0.2, 0.25) is 0 Å². The van der Waals surface area contributed by atoms with Crippen LogP contribution in [0.2, 0.25) is 0 Å². The first-order valence-electron chi connectivity index (χ1n) is 6.92. The molecule has 0 aromatic carbocycles. The van der Waals surface area contributed by atoms with Crippen molar-refractivity contribution in [1.29, 1.82) is 0 Å². The third kappa shape index (κ3) is 3.62. The molecule has 0 saturated carbocycles. The van der Waals surface area contributed by atoms with Crippen LogP contribution < -0.4 is 5.32 Å². The lowest BCUT2D eigenvalue weighted by Crippen LogP contribution is -2.22. The van der Waals surface area contributed by atoms with E-state index in [0.29, 0.717) is 11.4 Å². The van der Waals surface area contributed by atoms with E-state index in [-0.39, 0.29) is 12.0 Å². The number of thiazole rings is 1. The van der Waals surface area contributed by atoms with Gasteiger partial charge in [0.05, 0.1) is 11.7 Å². The molecule has 2 aromatic heterocycles. The third-order valence-corrected chi connectivity index (χ3v) is 4.07. The summed E-state index contributed by atoms with van der Waals surface area (Å²) in [6.45, 7) is 1.18. The van der Waals surface area contributed by atoms with Crippen LogP contribution in [0.3, 0.4) is 0 Å². The maximum absolute atomic E-state index is 11.8. The first-order chi connectivity index (χ1) is 10.3. The molecule has 3 heterocycles. The Hall–Kier alpha value is -1.86. The fourth-order valence-corrected chi connectivity index (χ4v) is 2.70. The molecule has 110 valence electrons. The fraction of sp³-hybridized carbons (Fsp3) is 0.429. The van der Waals surface area contributed by atoms with Gasteiger partial charge in [0.1, 0.15) is 11.0 Å². The van der Waals surface area contributed by atoms with Gasteiger partial charge < -0.3 is 10.1 Å². The molecule has 0 spiro atoms. The number of hydrogen-bond donors (Lipinski definition) is 1. The van der Waals surface area contributed by atoms with E-state index in [4.69, 9.17) is 4.74 Å². The number of ether oxygens (including phenoxy) is 1. The summed E-state index contributed by atoms with van der Waals surface area (Å²) in [5.41, 5.74) is 2.50. The van der Waals surface area contributed by atoms with Crippen molar-refractivity contribution in [3.8, 4) is 0 Å². The van der Waals surface area contributed by atoms with E-state index >= 15 is 0 Å². The molecular formula is C14H16N4O2S. The summed E-state index contributed by atoms with van der Waals surface area (Å²) in [6, 6.07) is 0. The van der Waals surface area contributed by atoms with E-state index in [1.54, 1.807) is 24.1 Å². The minimum atomic E-state index is -0.128. The van der Waals surface area contributed by atoms with Gasteiger partial charge >= 0.3 is 0 Å². The topological polar surface area (TPSA) is 77.0 Å². The minimum Gasteiger partial charge on any atom is -0.370 e. The lowest BCUT2D eigenvalue weighted by molar-refractivity contribution is 0.00940. The summed E-state index contributed by atoms with van der Waals surface area (Å²) in [7, 11) is 0. The molecule has 0 unspecified atom stereocenters. The Morgan fingerprint density at radius 2 is 2.19 bits per heavy atom. The summed E-state index contributed by atoms with van der Waals surface area (Å²) in [6.07, 6.45) is 8.29. The van der Waals surface area contributed by atoms with Crippen molar-refractivity contribution in [2.75, 3.05) is 6.61 Å². The van der Waals surface area contributed by atoms with Gasteiger partial charge in [0.15, 0.2) is 5.82 Å². The van der Waals surface area contributed by atoms with Crippen LogP contribution in [0.25, 0.3) is 0 Å². The molecule has 1 atom stereocenters. The van der Waals surface area contributed by atoms with E-state index < -0.39 is 0 Å².